The zero-order valence-corrected chi connectivity index (χ0v) is 13.1. The third-order valence-corrected chi connectivity index (χ3v) is 6.95. The number of nitrogens with two attached hydrogens (primary N) is 1. The van der Waals surface area contributed by atoms with Gasteiger partial charge in [0, 0.05) is 19.1 Å². The fourth-order valence-corrected chi connectivity index (χ4v) is 5.34. The summed E-state index contributed by atoms with van der Waals surface area (Å²) in [6, 6.07) is -0.00460. The van der Waals surface area contributed by atoms with Crippen LogP contribution in [0.1, 0.15) is 45.4 Å². The Kier molecular flexibility index (Phi) is 5.07. The number of piperidine rings is 1. The van der Waals surface area contributed by atoms with Crippen molar-refractivity contribution in [3.8, 4) is 0 Å². The molecule has 5 nitrogen and oxygen atoms in total. The van der Waals surface area contributed by atoms with Crippen LogP contribution in [-0.4, -0.2) is 49.4 Å². The van der Waals surface area contributed by atoms with E-state index in [1.54, 1.807) is 4.90 Å². The minimum absolute atomic E-state index is 0.00460. The molecule has 1 amide bonds. The summed E-state index contributed by atoms with van der Waals surface area (Å²) in [5.74, 6) is -0.230. The third kappa shape index (κ3) is 3.34. The summed E-state index contributed by atoms with van der Waals surface area (Å²) in [6.45, 7) is 3.14. The van der Waals surface area contributed by atoms with Gasteiger partial charge in [-0.25, -0.2) is 8.42 Å². The molecule has 0 aromatic heterocycles. The number of carbonyl (C=O) groups is 1. The number of amides is 1. The van der Waals surface area contributed by atoms with Gasteiger partial charge in [0.25, 0.3) is 0 Å². The molecule has 116 valence electrons. The Morgan fingerprint density at radius 1 is 1.20 bits per heavy atom. The van der Waals surface area contributed by atoms with E-state index in [0.29, 0.717) is 31.8 Å². The largest absolute Gasteiger partial charge is 0.337 e. The second-order valence-electron chi connectivity index (χ2n) is 6.22. The second-order valence-corrected chi connectivity index (χ2v) is 8.50. The van der Waals surface area contributed by atoms with Gasteiger partial charge in [-0.2, -0.15) is 0 Å². The highest BCUT2D eigenvalue weighted by molar-refractivity contribution is 7.92. The summed E-state index contributed by atoms with van der Waals surface area (Å²) in [5.41, 5.74) is 5.76. The molecule has 1 heterocycles. The van der Waals surface area contributed by atoms with Gasteiger partial charge >= 0.3 is 0 Å². The highest BCUT2D eigenvalue weighted by Gasteiger charge is 2.36. The van der Waals surface area contributed by atoms with Crippen molar-refractivity contribution in [1.82, 2.24) is 4.90 Å². The molecule has 0 aromatic rings. The second kappa shape index (κ2) is 6.43. The van der Waals surface area contributed by atoms with Gasteiger partial charge in [0.2, 0.25) is 5.91 Å². The minimum atomic E-state index is -3.29. The predicted octanol–water partition coefficient (Wildman–Crippen LogP) is 0.930. The van der Waals surface area contributed by atoms with Crippen LogP contribution in [0.25, 0.3) is 0 Å². The van der Waals surface area contributed by atoms with Crippen molar-refractivity contribution in [3.05, 3.63) is 0 Å². The topological polar surface area (TPSA) is 80.5 Å². The van der Waals surface area contributed by atoms with E-state index in [4.69, 9.17) is 5.73 Å². The first-order valence-corrected chi connectivity index (χ1v) is 9.38. The Bertz CT molecular complexity index is 443. The molecule has 2 aliphatic rings. The maximum atomic E-state index is 12.4. The lowest BCUT2D eigenvalue weighted by Gasteiger charge is -2.39. The molecule has 0 radical (unpaired) electrons. The van der Waals surface area contributed by atoms with Crippen LogP contribution in [0, 0.1) is 5.92 Å². The molecule has 1 aliphatic carbocycles. The van der Waals surface area contributed by atoms with Crippen molar-refractivity contribution < 1.29 is 13.2 Å². The van der Waals surface area contributed by atoms with E-state index in [1.807, 2.05) is 0 Å². The van der Waals surface area contributed by atoms with E-state index in [0.717, 1.165) is 25.7 Å². The van der Waals surface area contributed by atoms with E-state index in [9.17, 15) is 13.2 Å². The van der Waals surface area contributed by atoms with Gasteiger partial charge in [-0.1, -0.05) is 19.8 Å². The number of carbonyl (C=O) groups excluding carboxylic acids is 1. The van der Waals surface area contributed by atoms with Gasteiger partial charge < -0.3 is 10.6 Å². The molecule has 6 heteroatoms. The standard InChI is InChI=1S/C14H26N2O3S/c1-11-5-4-8-16(13(11)9-15)14(17)10-20(18,19)12-6-2-3-7-12/h11-13H,2-10,15H2,1H3/t11-,13-/m1/s1. The smallest absolute Gasteiger partial charge is 0.238 e. The molecular formula is C14H26N2O3S. The normalized spacial score (nSPS) is 28.8. The summed E-state index contributed by atoms with van der Waals surface area (Å²) in [4.78, 5) is 14.1. The average molecular weight is 302 g/mol. The van der Waals surface area contributed by atoms with Crippen molar-refractivity contribution in [2.24, 2.45) is 11.7 Å². The Labute approximate surface area is 121 Å². The van der Waals surface area contributed by atoms with Gasteiger partial charge in [0.15, 0.2) is 9.84 Å². The van der Waals surface area contributed by atoms with E-state index < -0.39 is 9.84 Å². The first-order chi connectivity index (χ1) is 9.45. The molecule has 0 aromatic carbocycles. The highest BCUT2D eigenvalue weighted by Crippen LogP contribution is 2.27. The van der Waals surface area contributed by atoms with Crippen LogP contribution in [0.3, 0.4) is 0 Å². The fraction of sp³-hybridized carbons (Fsp3) is 0.929. The van der Waals surface area contributed by atoms with Crippen molar-refractivity contribution in [1.29, 1.82) is 0 Å². The minimum Gasteiger partial charge on any atom is -0.337 e. The maximum absolute atomic E-state index is 12.4. The van der Waals surface area contributed by atoms with Gasteiger partial charge in [0.05, 0.1) is 5.25 Å². The van der Waals surface area contributed by atoms with Crippen LogP contribution < -0.4 is 5.73 Å². The molecule has 2 atom stereocenters. The number of sulfone groups is 1. The predicted molar refractivity (Wildman–Crippen MR) is 79.0 cm³/mol. The molecule has 0 unspecified atom stereocenters. The van der Waals surface area contributed by atoms with Gasteiger partial charge in [-0.3, -0.25) is 4.79 Å². The van der Waals surface area contributed by atoms with Gasteiger partial charge in [-0.05, 0) is 31.6 Å². The summed E-state index contributed by atoms with van der Waals surface area (Å²) in [6.07, 6.45) is 5.35. The molecule has 0 bridgehead atoms. The number of hydrogen-bond donors (Lipinski definition) is 1. The van der Waals surface area contributed by atoms with E-state index in [1.165, 1.54) is 0 Å². The summed E-state index contributed by atoms with van der Waals surface area (Å²) < 4.78 is 24.6. The summed E-state index contributed by atoms with van der Waals surface area (Å²) in [7, 11) is -3.29. The average Bonchev–Trinajstić information content (AvgIpc) is 2.92. The zero-order chi connectivity index (χ0) is 14.8. The Morgan fingerprint density at radius 3 is 2.45 bits per heavy atom. The van der Waals surface area contributed by atoms with E-state index in [-0.39, 0.29) is 23.0 Å². The molecular weight excluding hydrogens is 276 g/mol. The SMILES string of the molecule is C[C@@H]1CCCN(C(=O)CS(=O)(=O)C2CCCC2)[C@@H]1CN. The molecule has 1 aliphatic heterocycles. The van der Waals surface area contributed by atoms with E-state index in [2.05, 4.69) is 6.92 Å². The van der Waals surface area contributed by atoms with E-state index >= 15 is 0 Å². The summed E-state index contributed by atoms with van der Waals surface area (Å²) >= 11 is 0. The molecule has 2 N–H and O–H groups in total. The van der Waals surface area contributed by atoms with Gasteiger partial charge in [0.1, 0.15) is 5.75 Å². The third-order valence-electron chi connectivity index (χ3n) is 4.81. The molecule has 0 spiro atoms. The van der Waals surface area contributed by atoms with Crippen LogP contribution >= 0.6 is 0 Å². The quantitative estimate of drug-likeness (QED) is 0.837. The van der Waals surface area contributed by atoms with Crippen molar-refractivity contribution in [2.45, 2.75) is 56.7 Å². The van der Waals surface area contributed by atoms with Crippen LogP contribution in [-0.2, 0) is 14.6 Å². The zero-order valence-electron chi connectivity index (χ0n) is 12.3. The molecule has 2 rings (SSSR count). The maximum Gasteiger partial charge on any atom is 0.238 e. The number of rotatable bonds is 4. The van der Waals surface area contributed by atoms with Crippen molar-refractivity contribution in [2.75, 3.05) is 18.8 Å². The lowest BCUT2D eigenvalue weighted by Crippen LogP contribution is -2.53. The number of likely N-dealkylation sites (tertiary alicyclic amines) is 1. The molecule has 1 saturated heterocycles. The Balaban J connectivity index is 2.03. The van der Waals surface area contributed by atoms with Crippen molar-refractivity contribution >= 4 is 15.7 Å². The van der Waals surface area contributed by atoms with Crippen LogP contribution in [0.4, 0.5) is 0 Å². The number of nitrogens with zero attached hydrogens (tertiary/aromatic N) is 1. The molecule has 2 fully saturated rings. The fourth-order valence-electron chi connectivity index (χ4n) is 3.54. The van der Waals surface area contributed by atoms with Crippen LogP contribution in [0.5, 0.6) is 0 Å². The Hall–Kier alpha value is -0.620. The molecule has 1 saturated carbocycles. The van der Waals surface area contributed by atoms with Crippen LogP contribution in [0.15, 0.2) is 0 Å². The lowest BCUT2D eigenvalue weighted by atomic mass is 9.91. The lowest BCUT2D eigenvalue weighted by molar-refractivity contribution is -0.133. The summed E-state index contributed by atoms with van der Waals surface area (Å²) in [5, 5.41) is -0.301. The van der Waals surface area contributed by atoms with Gasteiger partial charge in [-0.15, -0.1) is 0 Å². The molecule has 20 heavy (non-hydrogen) atoms. The number of hydrogen-bond acceptors (Lipinski definition) is 4. The first kappa shape index (κ1) is 15.8. The van der Waals surface area contributed by atoms with Crippen LogP contribution in [0.2, 0.25) is 0 Å². The highest BCUT2D eigenvalue weighted by atomic mass is 32.2. The first-order valence-electron chi connectivity index (χ1n) is 7.67. The monoisotopic (exact) mass is 302 g/mol. The van der Waals surface area contributed by atoms with Crippen molar-refractivity contribution in [3.63, 3.8) is 0 Å². The Morgan fingerprint density at radius 2 is 1.85 bits per heavy atom.